The molecule has 1 amide bonds. The van der Waals surface area contributed by atoms with Gasteiger partial charge < -0.3 is 14.2 Å². The van der Waals surface area contributed by atoms with Crippen LogP contribution in [-0.4, -0.2) is 42.4 Å². The van der Waals surface area contributed by atoms with Crippen LogP contribution in [0.25, 0.3) is 0 Å². The van der Waals surface area contributed by atoms with Crippen molar-refractivity contribution in [3.8, 4) is 0 Å². The summed E-state index contributed by atoms with van der Waals surface area (Å²) in [6, 6.07) is 29.9. The van der Waals surface area contributed by atoms with Crippen molar-refractivity contribution in [1.29, 1.82) is 0 Å². The molecule has 1 atom stereocenters. The Kier molecular flexibility index (Phi) is 7.35. The van der Waals surface area contributed by atoms with Gasteiger partial charge in [-0.15, -0.1) is 0 Å². The molecule has 1 unspecified atom stereocenters. The minimum atomic E-state index is -0.796. The number of nitrogens with zero attached hydrogens (tertiary/aromatic N) is 1. The van der Waals surface area contributed by atoms with Crippen molar-refractivity contribution in [3.05, 3.63) is 108 Å². The molecule has 4 rings (SSSR count). The minimum absolute atomic E-state index is 0.265. The zero-order valence-corrected chi connectivity index (χ0v) is 20.1. The maximum atomic E-state index is 13.4. The van der Waals surface area contributed by atoms with E-state index in [0.29, 0.717) is 26.4 Å². The molecule has 0 bridgehead atoms. The summed E-state index contributed by atoms with van der Waals surface area (Å²) >= 11 is 0. The smallest absolute Gasteiger partial charge is 0.410 e. The highest BCUT2D eigenvalue weighted by molar-refractivity contribution is 5.69. The molecule has 1 saturated heterocycles. The van der Waals surface area contributed by atoms with Crippen molar-refractivity contribution in [2.24, 2.45) is 0 Å². The van der Waals surface area contributed by atoms with E-state index in [4.69, 9.17) is 14.2 Å². The van der Waals surface area contributed by atoms with Crippen molar-refractivity contribution < 1.29 is 19.0 Å². The van der Waals surface area contributed by atoms with Crippen LogP contribution in [0.15, 0.2) is 91.0 Å². The van der Waals surface area contributed by atoms with Crippen LogP contribution in [0.5, 0.6) is 0 Å². The van der Waals surface area contributed by atoms with Gasteiger partial charge in [0.15, 0.2) is 0 Å². The van der Waals surface area contributed by atoms with Crippen LogP contribution in [0.2, 0.25) is 0 Å². The molecule has 0 N–H and O–H groups in total. The van der Waals surface area contributed by atoms with Crippen molar-refractivity contribution in [2.45, 2.75) is 44.6 Å². The van der Waals surface area contributed by atoms with Crippen molar-refractivity contribution >= 4 is 6.09 Å². The van der Waals surface area contributed by atoms with Crippen LogP contribution in [0, 0.1) is 0 Å². The third-order valence-electron chi connectivity index (χ3n) is 5.89. The van der Waals surface area contributed by atoms with E-state index in [1.165, 1.54) is 0 Å². The van der Waals surface area contributed by atoms with Gasteiger partial charge in [0, 0.05) is 0 Å². The van der Waals surface area contributed by atoms with Gasteiger partial charge in [-0.3, -0.25) is 4.90 Å². The number of hydrogen-bond donors (Lipinski definition) is 0. The molecule has 0 saturated carbocycles. The van der Waals surface area contributed by atoms with Crippen LogP contribution in [0.1, 0.15) is 37.5 Å². The summed E-state index contributed by atoms with van der Waals surface area (Å²) in [5.41, 5.74) is 1.69. The van der Waals surface area contributed by atoms with Crippen LogP contribution < -0.4 is 0 Å². The topological polar surface area (TPSA) is 48.0 Å². The minimum Gasteiger partial charge on any atom is -0.444 e. The van der Waals surface area contributed by atoms with Crippen molar-refractivity contribution in [3.63, 3.8) is 0 Å². The van der Waals surface area contributed by atoms with Gasteiger partial charge in [0.05, 0.1) is 32.4 Å². The fraction of sp³-hybridized carbons (Fsp3) is 0.345. The van der Waals surface area contributed by atoms with E-state index in [1.807, 2.05) is 112 Å². The Balaban J connectivity index is 1.62. The number of ether oxygens (including phenoxy) is 3. The summed E-state index contributed by atoms with van der Waals surface area (Å²) in [5.74, 6) is 0. The van der Waals surface area contributed by atoms with Gasteiger partial charge in [-0.1, -0.05) is 91.0 Å². The molecule has 3 aromatic carbocycles. The monoisotopic (exact) mass is 459 g/mol. The molecule has 0 aromatic heterocycles. The molecule has 3 aromatic rings. The van der Waals surface area contributed by atoms with Crippen LogP contribution in [0.3, 0.4) is 0 Å². The SMILES string of the molecule is CC(C)(C)OC(=O)N1CC(c2ccccc2)(c2ccccc2)OCC1COCc1ccccc1. The molecule has 0 spiro atoms. The van der Waals surface area contributed by atoms with Crippen molar-refractivity contribution in [1.82, 2.24) is 4.90 Å². The van der Waals surface area contributed by atoms with Gasteiger partial charge in [-0.05, 0) is 37.5 Å². The third kappa shape index (κ3) is 5.66. The summed E-state index contributed by atoms with van der Waals surface area (Å²) in [6.45, 7) is 7.14. The molecule has 0 radical (unpaired) electrons. The normalized spacial score (nSPS) is 17.9. The maximum Gasteiger partial charge on any atom is 0.410 e. The predicted octanol–water partition coefficient (Wildman–Crippen LogP) is 5.78. The second-order valence-corrected chi connectivity index (χ2v) is 9.63. The summed E-state index contributed by atoms with van der Waals surface area (Å²) in [4.78, 5) is 15.2. The molecular formula is C29H33NO4. The Morgan fingerprint density at radius 2 is 1.44 bits per heavy atom. The average Bonchev–Trinajstić information content (AvgIpc) is 2.85. The first-order valence-corrected chi connectivity index (χ1v) is 11.7. The Hall–Kier alpha value is -3.15. The standard InChI is InChI=1S/C29H33NO4/c1-28(2,3)34-27(31)30-22-29(24-15-9-5-10-16-24,25-17-11-6-12-18-25)33-21-26(30)20-32-19-23-13-7-4-8-14-23/h4-18,26H,19-22H2,1-3H3. The van der Waals surface area contributed by atoms with E-state index in [-0.39, 0.29) is 12.1 Å². The number of carbonyl (C=O) groups is 1. The number of hydrogen-bond acceptors (Lipinski definition) is 4. The zero-order valence-electron chi connectivity index (χ0n) is 20.1. The van der Waals surface area contributed by atoms with Crippen LogP contribution in [-0.2, 0) is 26.4 Å². The van der Waals surface area contributed by atoms with Gasteiger partial charge in [-0.25, -0.2) is 4.79 Å². The quantitative estimate of drug-likeness (QED) is 0.469. The van der Waals surface area contributed by atoms with Gasteiger partial charge in [-0.2, -0.15) is 0 Å². The summed E-state index contributed by atoms with van der Waals surface area (Å²) in [7, 11) is 0. The van der Waals surface area contributed by atoms with Gasteiger partial charge >= 0.3 is 6.09 Å². The van der Waals surface area contributed by atoms with Crippen LogP contribution in [0.4, 0.5) is 4.79 Å². The Bertz CT molecular complexity index is 1010. The summed E-state index contributed by atoms with van der Waals surface area (Å²) in [5, 5.41) is 0. The lowest BCUT2D eigenvalue weighted by atomic mass is 9.84. The first-order valence-electron chi connectivity index (χ1n) is 11.7. The lowest BCUT2D eigenvalue weighted by Crippen LogP contribution is -2.59. The molecule has 5 heteroatoms. The molecular weight excluding hydrogens is 426 g/mol. The highest BCUT2D eigenvalue weighted by atomic mass is 16.6. The van der Waals surface area contributed by atoms with E-state index in [9.17, 15) is 4.79 Å². The molecule has 1 heterocycles. The van der Waals surface area contributed by atoms with Gasteiger partial charge in [0.2, 0.25) is 0 Å². The number of rotatable bonds is 6. The number of morpholine rings is 1. The lowest BCUT2D eigenvalue weighted by molar-refractivity contribution is -0.129. The Labute approximate surface area is 202 Å². The maximum absolute atomic E-state index is 13.4. The highest BCUT2D eigenvalue weighted by Crippen LogP contribution is 2.38. The van der Waals surface area contributed by atoms with Crippen molar-refractivity contribution in [2.75, 3.05) is 19.8 Å². The predicted molar refractivity (Wildman–Crippen MR) is 132 cm³/mol. The third-order valence-corrected chi connectivity index (χ3v) is 5.89. The van der Waals surface area contributed by atoms with Crippen LogP contribution >= 0.6 is 0 Å². The fourth-order valence-electron chi connectivity index (χ4n) is 4.23. The second kappa shape index (κ2) is 10.4. The zero-order chi connectivity index (χ0) is 24.0. The molecule has 34 heavy (non-hydrogen) atoms. The number of amides is 1. The van der Waals surface area contributed by atoms with E-state index in [2.05, 4.69) is 0 Å². The molecule has 0 aliphatic carbocycles. The van der Waals surface area contributed by atoms with E-state index in [1.54, 1.807) is 4.90 Å². The molecule has 178 valence electrons. The molecule has 5 nitrogen and oxygen atoms in total. The summed E-state index contributed by atoms with van der Waals surface area (Å²) < 4.78 is 18.5. The average molecular weight is 460 g/mol. The Morgan fingerprint density at radius 3 is 1.97 bits per heavy atom. The fourth-order valence-corrected chi connectivity index (χ4v) is 4.23. The highest BCUT2D eigenvalue weighted by Gasteiger charge is 2.46. The largest absolute Gasteiger partial charge is 0.444 e. The summed E-state index contributed by atoms with van der Waals surface area (Å²) in [6.07, 6.45) is -0.361. The Morgan fingerprint density at radius 1 is 0.912 bits per heavy atom. The number of benzene rings is 3. The van der Waals surface area contributed by atoms with E-state index in [0.717, 1.165) is 16.7 Å². The van der Waals surface area contributed by atoms with E-state index < -0.39 is 11.2 Å². The van der Waals surface area contributed by atoms with Gasteiger partial charge in [0.1, 0.15) is 11.2 Å². The number of carbonyl (C=O) groups excluding carboxylic acids is 1. The molecule has 1 fully saturated rings. The first kappa shape index (κ1) is 24.0. The van der Waals surface area contributed by atoms with Gasteiger partial charge in [0.25, 0.3) is 0 Å². The first-order chi connectivity index (χ1) is 16.4. The molecule has 1 aliphatic rings. The lowest BCUT2D eigenvalue weighted by Gasteiger charge is -2.47. The molecule has 1 aliphatic heterocycles. The second-order valence-electron chi connectivity index (χ2n) is 9.63. The van der Waals surface area contributed by atoms with E-state index >= 15 is 0 Å².